The van der Waals surface area contributed by atoms with Gasteiger partial charge in [-0.2, -0.15) is 11.8 Å². The Morgan fingerprint density at radius 2 is 2.05 bits per heavy atom. The van der Waals surface area contributed by atoms with Crippen LogP contribution in [0.1, 0.15) is 36.9 Å². The molecule has 1 aromatic heterocycles. The third-order valence-corrected chi connectivity index (χ3v) is 5.34. The van der Waals surface area contributed by atoms with Crippen LogP contribution in [0.25, 0.3) is 0 Å². The molecule has 20 heavy (non-hydrogen) atoms. The molecule has 0 unspecified atom stereocenters. The molecule has 0 saturated carbocycles. The molecular formula is C14H22N2O2S2. The fraction of sp³-hybridized carbons (Fsp3) is 0.643. The lowest BCUT2D eigenvalue weighted by atomic mass is 10.2. The van der Waals surface area contributed by atoms with Crippen molar-refractivity contribution in [2.45, 2.75) is 33.3 Å². The average Bonchev–Trinajstić information content (AvgIpc) is 2.76. The summed E-state index contributed by atoms with van der Waals surface area (Å²) in [5.41, 5.74) is 6.69. The molecule has 1 fully saturated rings. The first-order chi connectivity index (χ1) is 9.54. The number of ketones is 1. The number of nitrogen functional groups attached to an aromatic ring is 1. The lowest BCUT2D eigenvalue weighted by Gasteiger charge is -2.28. The second kappa shape index (κ2) is 6.72. The van der Waals surface area contributed by atoms with Gasteiger partial charge in [0.05, 0.1) is 16.7 Å². The first kappa shape index (κ1) is 15.5. The molecule has 1 aromatic rings. The van der Waals surface area contributed by atoms with Gasteiger partial charge in [-0.05, 0) is 13.8 Å². The van der Waals surface area contributed by atoms with Crippen LogP contribution in [0.3, 0.4) is 0 Å². The Bertz CT molecular complexity index is 480. The molecule has 0 bridgehead atoms. The number of hydrogen-bond acceptors (Lipinski definition) is 6. The van der Waals surface area contributed by atoms with Crippen LogP contribution in [0, 0.1) is 0 Å². The van der Waals surface area contributed by atoms with Crippen LogP contribution in [0.15, 0.2) is 0 Å². The van der Waals surface area contributed by atoms with E-state index in [0.29, 0.717) is 22.7 Å². The molecule has 0 atom stereocenters. The summed E-state index contributed by atoms with van der Waals surface area (Å²) < 4.78 is 5.89. The standard InChI is InChI=1S/C14H22N2O2S2/c1-4-10(17)13-11(15)12(18-9(2)3)14(20-13)16-5-7-19-8-6-16/h9H,4-8,15H2,1-3H3. The van der Waals surface area contributed by atoms with E-state index in [9.17, 15) is 4.79 Å². The molecular weight excluding hydrogens is 292 g/mol. The lowest BCUT2D eigenvalue weighted by molar-refractivity contribution is 0.0992. The van der Waals surface area contributed by atoms with Crippen molar-refractivity contribution in [2.75, 3.05) is 35.2 Å². The fourth-order valence-electron chi connectivity index (χ4n) is 2.11. The van der Waals surface area contributed by atoms with Gasteiger partial charge in [-0.25, -0.2) is 0 Å². The molecule has 1 aliphatic heterocycles. The highest BCUT2D eigenvalue weighted by molar-refractivity contribution is 7.99. The van der Waals surface area contributed by atoms with Crippen molar-refractivity contribution >= 4 is 39.6 Å². The fourth-order valence-corrected chi connectivity index (χ4v) is 4.23. The van der Waals surface area contributed by atoms with Gasteiger partial charge in [-0.3, -0.25) is 4.79 Å². The van der Waals surface area contributed by atoms with Crippen LogP contribution in [0.2, 0.25) is 0 Å². The van der Waals surface area contributed by atoms with E-state index in [1.54, 1.807) is 0 Å². The molecule has 1 saturated heterocycles. The van der Waals surface area contributed by atoms with Crippen molar-refractivity contribution < 1.29 is 9.53 Å². The van der Waals surface area contributed by atoms with Crippen LogP contribution in [0.5, 0.6) is 5.75 Å². The predicted molar refractivity (Wildman–Crippen MR) is 88.7 cm³/mol. The molecule has 0 spiro atoms. The van der Waals surface area contributed by atoms with Crippen molar-refractivity contribution in [1.82, 2.24) is 0 Å². The lowest BCUT2D eigenvalue weighted by Crippen LogP contribution is -2.32. The molecule has 0 amide bonds. The first-order valence-corrected chi connectivity index (χ1v) is 8.96. The van der Waals surface area contributed by atoms with E-state index in [-0.39, 0.29) is 11.9 Å². The first-order valence-electron chi connectivity index (χ1n) is 6.99. The highest BCUT2D eigenvalue weighted by atomic mass is 32.2. The maximum atomic E-state index is 12.0. The Hall–Kier alpha value is -0.880. The Labute approximate surface area is 128 Å². The molecule has 4 nitrogen and oxygen atoms in total. The summed E-state index contributed by atoms with van der Waals surface area (Å²) in [5.74, 6) is 3.01. The molecule has 112 valence electrons. The van der Waals surface area contributed by atoms with Crippen molar-refractivity contribution in [2.24, 2.45) is 0 Å². The number of rotatable bonds is 5. The number of thiophene rings is 1. The minimum absolute atomic E-state index is 0.0504. The number of anilines is 2. The minimum Gasteiger partial charge on any atom is -0.486 e. The van der Waals surface area contributed by atoms with E-state index < -0.39 is 0 Å². The van der Waals surface area contributed by atoms with Crippen molar-refractivity contribution in [3.63, 3.8) is 0 Å². The van der Waals surface area contributed by atoms with Gasteiger partial charge in [0.25, 0.3) is 0 Å². The average molecular weight is 314 g/mol. The van der Waals surface area contributed by atoms with Gasteiger partial charge < -0.3 is 15.4 Å². The Kier molecular flexibility index (Phi) is 5.21. The summed E-state index contributed by atoms with van der Waals surface area (Å²) in [6, 6.07) is 0. The maximum Gasteiger partial charge on any atom is 0.177 e. The second-order valence-electron chi connectivity index (χ2n) is 5.02. The quantitative estimate of drug-likeness (QED) is 0.845. The van der Waals surface area contributed by atoms with Gasteiger partial charge in [0.2, 0.25) is 0 Å². The van der Waals surface area contributed by atoms with Gasteiger partial charge in [-0.1, -0.05) is 6.92 Å². The van der Waals surface area contributed by atoms with Gasteiger partial charge in [0.1, 0.15) is 5.00 Å². The molecule has 2 rings (SSSR count). The van der Waals surface area contributed by atoms with Crippen molar-refractivity contribution in [3.05, 3.63) is 4.88 Å². The Morgan fingerprint density at radius 3 is 2.60 bits per heavy atom. The van der Waals surface area contributed by atoms with Crippen LogP contribution < -0.4 is 15.4 Å². The van der Waals surface area contributed by atoms with Crippen molar-refractivity contribution in [1.29, 1.82) is 0 Å². The van der Waals surface area contributed by atoms with Crippen LogP contribution in [-0.2, 0) is 0 Å². The summed E-state index contributed by atoms with van der Waals surface area (Å²) in [6.45, 7) is 7.79. The number of nitrogens with two attached hydrogens (primary N) is 1. The normalized spacial score (nSPS) is 15.7. The third-order valence-electron chi connectivity index (χ3n) is 3.11. The van der Waals surface area contributed by atoms with Crippen molar-refractivity contribution in [3.8, 4) is 5.75 Å². The zero-order valence-corrected chi connectivity index (χ0v) is 13.9. The number of carbonyl (C=O) groups is 1. The van der Waals surface area contributed by atoms with E-state index >= 15 is 0 Å². The summed E-state index contributed by atoms with van der Waals surface area (Å²) >= 11 is 3.44. The van der Waals surface area contributed by atoms with Crippen LogP contribution in [-0.4, -0.2) is 36.5 Å². The van der Waals surface area contributed by atoms with E-state index in [1.165, 1.54) is 11.3 Å². The molecule has 0 aromatic carbocycles. The number of hydrogen-bond donors (Lipinski definition) is 1. The number of carbonyl (C=O) groups excluding carboxylic acids is 1. The molecule has 1 aliphatic rings. The van der Waals surface area contributed by atoms with E-state index in [4.69, 9.17) is 10.5 Å². The maximum absolute atomic E-state index is 12.0. The largest absolute Gasteiger partial charge is 0.486 e. The Balaban J connectivity index is 2.39. The monoisotopic (exact) mass is 314 g/mol. The number of thioether (sulfide) groups is 1. The topological polar surface area (TPSA) is 55.6 Å². The number of ether oxygens (including phenoxy) is 1. The van der Waals surface area contributed by atoms with Gasteiger partial charge in [0, 0.05) is 31.0 Å². The van der Waals surface area contributed by atoms with Crippen LogP contribution >= 0.6 is 23.1 Å². The number of Topliss-reactive ketones (excluding diaryl/α,β-unsaturated/α-hetero) is 1. The van der Waals surface area contributed by atoms with Gasteiger partial charge in [0.15, 0.2) is 11.5 Å². The van der Waals surface area contributed by atoms with E-state index in [0.717, 1.165) is 29.6 Å². The smallest absolute Gasteiger partial charge is 0.177 e. The molecule has 0 aliphatic carbocycles. The number of nitrogens with zero attached hydrogens (tertiary/aromatic N) is 1. The molecule has 6 heteroatoms. The summed E-state index contributed by atoms with van der Waals surface area (Å²) in [6.07, 6.45) is 0.524. The molecule has 2 N–H and O–H groups in total. The minimum atomic E-state index is 0.0504. The SMILES string of the molecule is CCC(=O)c1sc(N2CCSCC2)c(OC(C)C)c1N. The van der Waals surface area contributed by atoms with Gasteiger partial charge >= 0.3 is 0 Å². The zero-order chi connectivity index (χ0) is 14.7. The van der Waals surface area contributed by atoms with Gasteiger partial charge in [-0.15, -0.1) is 11.3 Å². The summed E-state index contributed by atoms with van der Waals surface area (Å²) in [4.78, 5) is 15.0. The van der Waals surface area contributed by atoms with E-state index in [2.05, 4.69) is 4.90 Å². The molecule has 2 heterocycles. The third kappa shape index (κ3) is 3.23. The highest BCUT2D eigenvalue weighted by Gasteiger charge is 2.26. The zero-order valence-electron chi connectivity index (χ0n) is 12.3. The summed E-state index contributed by atoms with van der Waals surface area (Å²) in [7, 11) is 0. The predicted octanol–water partition coefficient (Wildman–Crippen LogP) is 3.26. The van der Waals surface area contributed by atoms with Crippen LogP contribution in [0.4, 0.5) is 10.7 Å². The Morgan fingerprint density at radius 1 is 1.40 bits per heavy atom. The highest BCUT2D eigenvalue weighted by Crippen LogP contribution is 2.46. The second-order valence-corrected chi connectivity index (χ2v) is 7.25. The van der Waals surface area contributed by atoms with E-state index in [1.807, 2.05) is 32.5 Å². The molecule has 0 radical (unpaired) electrons. The summed E-state index contributed by atoms with van der Waals surface area (Å²) in [5, 5.41) is 1.02.